The number of rotatable bonds is 6. The summed E-state index contributed by atoms with van der Waals surface area (Å²) in [5.74, 6) is 0.223. The van der Waals surface area contributed by atoms with Crippen molar-refractivity contribution in [1.82, 2.24) is 4.90 Å². The van der Waals surface area contributed by atoms with Gasteiger partial charge in [0.25, 0.3) is 10.0 Å². The minimum absolute atomic E-state index is 0.191. The van der Waals surface area contributed by atoms with E-state index in [-0.39, 0.29) is 16.7 Å². The minimum atomic E-state index is -3.84. The number of nitrogens with zero attached hydrogens (tertiary/aromatic N) is 2. The number of benzene rings is 1. The summed E-state index contributed by atoms with van der Waals surface area (Å²) in [4.78, 5) is 14.3. The Morgan fingerprint density at radius 1 is 1.20 bits per heavy atom. The molecule has 2 heterocycles. The van der Waals surface area contributed by atoms with Crippen molar-refractivity contribution >= 4 is 33.0 Å². The van der Waals surface area contributed by atoms with Gasteiger partial charge in [-0.2, -0.15) is 0 Å². The topological polar surface area (TPSA) is 66.9 Å². The maximum absolute atomic E-state index is 13.1. The van der Waals surface area contributed by atoms with Gasteiger partial charge in [-0.3, -0.25) is 9.10 Å². The Hall–Kier alpha value is -2.06. The summed E-state index contributed by atoms with van der Waals surface area (Å²) in [7, 11) is -2.36. The number of carbonyl (C=O) groups excluding carboxylic acids is 1. The summed E-state index contributed by atoms with van der Waals surface area (Å²) in [5, 5.41) is 1.70. The summed E-state index contributed by atoms with van der Waals surface area (Å²) in [6, 6.07) is 10.1. The lowest BCUT2D eigenvalue weighted by molar-refractivity contribution is -0.128. The molecule has 0 atom stereocenters. The highest BCUT2D eigenvalue weighted by Crippen LogP contribution is 2.33. The first kappa shape index (κ1) is 17.8. The zero-order valence-corrected chi connectivity index (χ0v) is 15.6. The number of ether oxygens (including phenoxy) is 1. The average Bonchev–Trinajstić information content (AvgIpc) is 3.33. The Balaban J connectivity index is 2.00. The number of para-hydroxylation sites is 2. The van der Waals surface area contributed by atoms with Gasteiger partial charge in [-0.05, 0) is 36.4 Å². The van der Waals surface area contributed by atoms with Crippen LogP contribution in [0.15, 0.2) is 46.0 Å². The van der Waals surface area contributed by atoms with Crippen molar-refractivity contribution in [2.45, 2.75) is 17.1 Å². The fraction of sp³-hybridized carbons (Fsp3) is 0.353. The molecule has 1 aromatic carbocycles. The van der Waals surface area contributed by atoms with Crippen LogP contribution in [-0.2, 0) is 14.8 Å². The second-order valence-corrected chi connectivity index (χ2v) is 8.74. The quantitative estimate of drug-likeness (QED) is 0.773. The fourth-order valence-corrected chi connectivity index (χ4v) is 5.37. The second kappa shape index (κ2) is 7.45. The van der Waals surface area contributed by atoms with Crippen molar-refractivity contribution in [3.05, 3.63) is 41.8 Å². The molecule has 134 valence electrons. The lowest BCUT2D eigenvalue weighted by Crippen LogP contribution is -2.42. The molecule has 0 radical (unpaired) electrons. The molecule has 1 saturated heterocycles. The number of amides is 1. The van der Waals surface area contributed by atoms with Gasteiger partial charge in [-0.25, -0.2) is 8.42 Å². The van der Waals surface area contributed by atoms with Gasteiger partial charge in [-0.1, -0.05) is 18.2 Å². The predicted molar refractivity (Wildman–Crippen MR) is 97.7 cm³/mol. The third kappa shape index (κ3) is 3.64. The first-order valence-corrected chi connectivity index (χ1v) is 10.3. The molecule has 8 heteroatoms. The van der Waals surface area contributed by atoms with Gasteiger partial charge in [-0.15, -0.1) is 11.3 Å². The molecule has 25 heavy (non-hydrogen) atoms. The van der Waals surface area contributed by atoms with E-state index in [1.807, 2.05) is 0 Å². The zero-order valence-electron chi connectivity index (χ0n) is 13.9. The van der Waals surface area contributed by atoms with Crippen LogP contribution in [0.2, 0.25) is 0 Å². The highest BCUT2D eigenvalue weighted by molar-refractivity contribution is 7.94. The maximum Gasteiger partial charge on any atom is 0.274 e. The Bertz CT molecular complexity index is 828. The summed E-state index contributed by atoms with van der Waals surface area (Å²) < 4.78 is 32.9. The van der Waals surface area contributed by atoms with Crippen LogP contribution < -0.4 is 9.04 Å². The molecule has 1 amide bonds. The molecule has 1 fully saturated rings. The van der Waals surface area contributed by atoms with Crippen LogP contribution in [0.5, 0.6) is 5.75 Å². The molecular formula is C17H20N2O4S2. The van der Waals surface area contributed by atoms with Gasteiger partial charge in [0.05, 0.1) is 12.8 Å². The largest absolute Gasteiger partial charge is 0.495 e. The van der Waals surface area contributed by atoms with Crippen molar-refractivity contribution in [2.24, 2.45) is 0 Å². The van der Waals surface area contributed by atoms with Crippen molar-refractivity contribution in [3.63, 3.8) is 0 Å². The normalized spacial score (nSPS) is 14.5. The van der Waals surface area contributed by atoms with Gasteiger partial charge in [0, 0.05) is 13.1 Å². The van der Waals surface area contributed by atoms with E-state index in [2.05, 4.69) is 0 Å². The van der Waals surface area contributed by atoms with Crippen LogP contribution in [0, 0.1) is 0 Å². The van der Waals surface area contributed by atoms with Crippen LogP contribution in [0.25, 0.3) is 0 Å². The van der Waals surface area contributed by atoms with Crippen LogP contribution in [-0.4, -0.2) is 46.0 Å². The van der Waals surface area contributed by atoms with Crippen LogP contribution in [0.1, 0.15) is 12.8 Å². The number of hydrogen-bond donors (Lipinski definition) is 0. The van der Waals surface area contributed by atoms with Gasteiger partial charge >= 0.3 is 0 Å². The van der Waals surface area contributed by atoms with Crippen molar-refractivity contribution < 1.29 is 17.9 Å². The molecule has 2 aromatic rings. The summed E-state index contributed by atoms with van der Waals surface area (Å²) in [6.07, 6.45) is 1.91. The van der Waals surface area contributed by atoms with Crippen molar-refractivity contribution in [1.29, 1.82) is 0 Å². The SMILES string of the molecule is COc1ccccc1N(CC(=O)N1CCCC1)S(=O)(=O)c1cccs1. The van der Waals surface area contributed by atoms with Crippen molar-refractivity contribution in [2.75, 3.05) is 31.0 Å². The van der Waals surface area contributed by atoms with Crippen molar-refractivity contribution in [3.8, 4) is 5.75 Å². The van der Waals surface area contributed by atoms with E-state index in [1.54, 1.807) is 46.7 Å². The molecule has 1 aromatic heterocycles. The van der Waals surface area contributed by atoms with E-state index in [9.17, 15) is 13.2 Å². The van der Waals surface area contributed by atoms with E-state index in [4.69, 9.17) is 4.74 Å². The molecule has 1 aliphatic heterocycles. The lowest BCUT2D eigenvalue weighted by atomic mass is 10.3. The Morgan fingerprint density at radius 2 is 1.92 bits per heavy atom. The Labute approximate surface area is 151 Å². The van der Waals surface area contributed by atoms with E-state index in [0.717, 1.165) is 28.5 Å². The maximum atomic E-state index is 13.1. The number of sulfonamides is 1. The predicted octanol–water partition coefficient (Wildman–Crippen LogP) is 2.57. The lowest BCUT2D eigenvalue weighted by Gasteiger charge is -2.27. The molecule has 0 bridgehead atoms. The van der Waals surface area contributed by atoms with E-state index >= 15 is 0 Å². The molecule has 0 unspecified atom stereocenters. The third-order valence-corrected chi connectivity index (χ3v) is 7.26. The molecule has 3 rings (SSSR count). The first-order valence-electron chi connectivity index (χ1n) is 8.01. The highest BCUT2D eigenvalue weighted by atomic mass is 32.2. The summed E-state index contributed by atoms with van der Waals surface area (Å²) >= 11 is 1.13. The smallest absolute Gasteiger partial charge is 0.274 e. The first-order chi connectivity index (χ1) is 12.0. The standard InChI is InChI=1S/C17H20N2O4S2/c1-23-15-8-3-2-7-14(15)19(13-16(20)18-10-4-5-11-18)25(21,22)17-9-6-12-24-17/h2-3,6-9,12H,4-5,10-11,13H2,1H3. The fourth-order valence-electron chi connectivity index (χ4n) is 2.84. The van der Waals surface area contributed by atoms with Gasteiger partial charge in [0.2, 0.25) is 5.91 Å². The van der Waals surface area contributed by atoms with Crippen LogP contribution in [0.4, 0.5) is 5.69 Å². The van der Waals surface area contributed by atoms with Gasteiger partial charge in [0.1, 0.15) is 16.5 Å². The minimum Gasteiger partial charge on any atom is -0.495 e. The Morgan fingerprint density at radius 3 is 2.56 bits per heavy atom. The number of thiophene rings is 1. The number of carbonyl (C=O) groups is 1. The van der Waals surface area contributed by atoms with E-state index < -0.39 is 10.0 Å². The highest BCUT2D eigenvalue weighted by Gasteiger charge is 2.32. The van der Waals surface area contributed by atoms with Crippen LogP contribution >= 0.6 is 11.3 Å². The average molecular weight is 380 g/mol. The van der Waals surface area contributed by atoms with Crippen LogP contribution in [0.3, 0.4) is 0 Å². The van der Waals surface area contributed by atoms with Gasteiger partial charge < -0.3 is 9.64 Å². The third-order valence-electron chi connectivity index (χ3n) is 4.13. The number of methoxy groups -OCH3 is 1. The Kier molecular flexibility index (Phi) is 5.29. The molecule has 1 aliphatic rings. The molecule has 0 N–H and O–H groups in total. The molecule has 0 saturated carbocycles. The molecule has 6 nitrogen and oxygen atoms in total. The zero-order chi connectivity index (χ0) is 17.9. The monoisotopic (exact) mass is 380 g/mol. The number of likely N-dealkylation sites (tertiary alicyclic amines) is 1. The van der Waals surface area contributed by atoms with Gasteiger partial charge in [0.15, 0.2) is 0 Å². The van der Waals surface area contributed by atoms with E-state index in [1.165, 1.54) is 7.11 Å². The van der Waals surface area contributed by atoms with E-state index in [0.29, 0.717) is 24.5 Å². The molecule has 0 spiro atoms. The number of hydrogen-bond acceptors (Lipinski definition) is 5. The number of anilines is 1. The summed E-state index contributed by atoms with van der Waals surface area (Å²) in [5.41, 5.74) is 0.367. The summed E-state index contributed by atoms with van der Waals surface area (Å²) in [6.45, 7) is 1.12. The molecular weight excluding hydrogens is 360 g/mol. The second-order valence-electron chi connectivity index (χ2n) is 5.70. The molecule has 0 aliphatic carbocycles.